The summed E-state index contributed by atoms with van der Waals surface area (Å²) >= 11 is 1.53. The second-order valence-electron chi connectivity index (χ2n) is 35.1. The molecule has 2 aromatic carbocycles. The van der Waals surface area contributed by atoms with E-state index < -0.39 is 112 Å². The third-order valence-corrected chi connectivity index (χ3v) is 22.5. The van der Waals surface area contributed by atoms with Crippen LogP contribution in [0.2, 0.25) is 0 Å². The number of methoxy groups -OCH3 is 2. The minimum Gasteiger partial charge on any atom is -0.445 e. The zero-order chi connectivity index (χ0) is 84.2. The SMILES string of the molecule is CC[C@H](C)[C@@H]([C@@H](CC(=O)N1CCC[C@H]1[C@H](OC)[C@@H](C)C(=O)C[C@@H](Cc1ccccc1)c1nccs1)OC)N(C)C(=O)[C@@H](CC(=O)C(C)(C)NC(=O)OCc1ccc(NC(=O)[C@H](CCCNC(N)=O)CC(=O)[C@@H](NC(=O)[C@H](CCCCNC(=O)CC[C@@H](NC(C)(C)C)C(=O)C(C)(C)C)CC(=O)C(C)(C)C)C(C)C)cc1)C(C)C. The van der Waals surface area contributed by atoms with E-state index in [1.165, 1.54) is 32.3 Å². The van der Waals surface area contributed by atoms with E-state index in [1.807, 2.05) is 105 Å². The summed E-state index contributed by atoms with van der Waals surface area (Å²) in [5.74, 6) is -6.70. The molecule has 1 aromatic heterocycles. The molecule has 4 rings (SSSR count). The Labute approximate surface area is 671 Å². The average molecular weight is 1580 g/mol. The van der Waals surface area contributed by atoms with Crippen molar-refractivity contribution >= 4 is 87.6 Å². The van der Waals surface area contributed by atoms with Crippen molar-refractivity contribution in [2.75, 3.05) is 46.2 Å². The van der Waals surface area contributed by atoms with Crippen molar-refractivity contribution in [3.63, 3.8) is 0 Å². The second kappa shape index (κ2) is 45.3. The van der Waals surface area contributed by atoms with E-state index in [0.717, 1.165) is 17.0 Å². The Morgan fingerprint density at radius 1 is 0.688 bits per heavy atom. The van der Waals surface area contributed by atoms with E-state index >= 15 is 0 Å². The van der Waals surface area contributed by atoms with Crippen LogP contribution in [0.25, 0.3) is 0 Å². The predicted octanol–water partition coefficient (Wildman–Crippen LogP) is 12.4. The Bertz CT molecular complexity index is 3550. The van der Waals surface area contributed by atoms with Crippen LogP contribution >= 0.6 is 11.3 Å². The number of Topliss-reactive ketones (excluding diaryl/α,β-unsaturated/α-hetero) is 5. The summed E-state index contributed by atoms with van der Waals surface area (Å²) in [5.41, 5.74) is 4.14. The first-order valence-corrected chi connectivity index (χ1v) is 41.2. The molecule has 0 unspecified atom stereocenters. The van der Waals surface area contributed by atoms with Crippen LogP contribution in [0, 0.1) is 52.3 Å². The van der Waals surface area contributed by atoms with E-state index in [0.29, 0.717) is 69.3 Å². The van der Waals surface area contributed by atoms with Gasteiger partial charge in [-0.3, -0.25) is 47.9 Å². The third kappa shape index (κ3) is 31.5. The molecule has 112 heavy (non-hydrogen) atoms. The van der Waals surface area contributed by atoms with Gasteiger partial charge >= 0.3 is 12.1 Å². The molecule has 8 amide bonds. The van der Waals surface area contributed by atoms with Crippen LogP contribution in [0.15, 0.2) is 66.2 Å². The molecule has 3 aromatic rings. The number of amides is 8. The lowest BCUT2D eigenvalue weighted by atomic mass is 9.83. The molecule has 26 heteroatoms. The van der Waals surface area contributed by atoms with Crippen molar-refractivity contribution < 1.29 is 71.7 Å². The number of hydrogen-bond acceptors (Lipinski definition) is 18. The Kier molecular flexibility index (Phi) is 39.1. The highest BCUT2D eigenvalue weighted by atomic mass is 32.1. The molecule has 0 aliphatic carbocycles. The van der Waals surface area contributed by atoms with Crippen molar-refractivity contribution in [3.8, 4) is 0 Å². The fourth-order valence-electron chi connectivity index (χ4n) is 14.5. The summed E-state index contributed by atoms with van der Waals surface area (Å²) in [6.07, 6.45) is 4.02. The maximum absolute atomic E-state index is 14.9. The lowest BCUT2D eigenvalue weighted by molar-refractivity contribution is -0.149. The molecule has 1 aliphatic rings. The Balaban J connectivity index is 1.38. The van der Waals surface area contributed by atoms with Gasteiger partial charge in [0.1, 0.15) is 18.2 Å². The Hall–Kier alpha value is -7.81. The van der Waals surface area contributed by atoms with E-state index in [4.69, 9.17) is 19.9 Å². The van der Waals surface area contributed by atoms with Crippen molar-refractivity contribution in [2.24, 2.45) is 58.0 Å². The van der Waals surface area contributed by atoms with Gasteiger partial charge in [-0.25, -0.2) is 14.6 Å². The van der Waals surface area contributed by atoms with Crippen LogP contribution in [-0.2, 0) is 75.2 Å². The van der Waals surface area contributed by atoms with Crippen LogP contribution in [0.5, 0.6) is 0 Å². The number of unbranched alkanes of at least 4 members (excludes halogenated alkanes) is 1. The highest BCUT2D eigenvalue weighted by molar-refractivity contribution is 7.09. The molecule has 0 radical (unpaired) electrons. The topological polar surface area (TPSA) is 350 Å². The zero-order valence-electron chi connectivity index (χ0n) is 71.0. The minimum absolute atomic E-state index is 0.0227. The van der Waals surface area contributed by atoms with E-state index in [1.54, 1.807) is 84.1 Å². The largest absolute Gasteiger partial charge is 0.445 e. The number of benzene rings is 2. The number of carbonyl (C=O) groups excluding carboxylic acids is 12. The van der Waals surface area contributed by atoms with Crippen LogP contribution in [0.4, 0.5) is 15.3 Å². The summed E-state index contributed by atoms with van der Waals surface area (Å²) in [4.78, 5) is 174. The van der Waals surface area contributed by atoms with Gasteiger partial charge in [-0.15, -0.1) is 11.3 Å². The number of likely N-dealkylation sites (tertiary alicyclic amines) is 1. The van der Waals surface area contributed by atoms with E-state index in [9.17, 15) is 57.5 Å². The fraction of sp³-hybridized carbons (Fsp3) is 0.686. The van der Waals surface area contributed by atoms with Gasteiger partial charge in [0, 0.05) is 136 Å². The van der Waals surface area contributed by atoms with Gasteiger partial charge in [0.15, 0.2) is 17.3 Å². The highest BCUT2D eigenvalue weighted by Crippen LogP contribution is 2.35. The van der Waals surface area contributed by atoms with Crippen molar-refractivity contribution in [2.45, 2.75) is 287 Å². The molecule has 0 saturated carbocycles. The first-order chi connectivity index (χ1) is 52.3. The molecular formula is C86H136N10O15S. The van der Waals surface area contributed by atoms with Gasteiger partial charge < -0.3 is 61.6 Å². The summed E-state index contributed by atoms with van der Waals surface area (Å²) in [7, 11) is 4.80. The number of nitrogens with zero attached hydrogens (tertiary/aromatic N) is 3. The number of primary amides is 1. The number of ether oxygens (including phenoxy) is 3. The first kappa shape index (κ1) is 96.6. The number of nitrogens with two attached hydrogens (primary N) is 1. The molecular weight excluding hydrogens is 1450 g/mol. The van der Waals surface area contributed by atoms with Gasteiger partial charge in [-0.1, -0.05) is 145 Å². The summed E-state index contributed by atoms with van der Waals surface area (Å²) < 4.78 is 17.9. The van der Waals surface area contributed by atoms with Gasteiger partial charge in [0.25, 0.3) is 0 Å². The lowest BCUT2D eigenvalue weighted by Gasteiger charge is -2.41. The number of likely N-dealkylation sites (N-methyl/N-ethyl adjacent to an activating group) is 1. The maximum atomic E-state index is 14.9. The van der Waals surface area contributed by atoms with Crippen LogP contribution < -0.4 is 37.6 Å². The molecule has 1 saturated heterocycles. The number of urea groups is 1. The smallest absolute Gasteiger partial charge is 0.408 e. The number of carbonyl (C=O) groups is 12. The third-order valence-electron chi connectivity index (χ3n) is 21.6. The first-order valence-electron chi connectivity index (χ1n) is 40.3. The summed E-state index contributed by atoms with van der Waals surface area (Å²) in [5, 5.41) is 20.1. The summed E-state index contributed by atoms with van der Waals surface area (Å²) in [6.45, 7) is 33.7. The molecule has 0 bridgehead atoms. The quantitative estimate of drug-likeness (QED) is 0.0258. The molecule has 25 nitrogen and oxygen atoms in total. The van der Waals surface area contributed by atoms with E-state index in [2.05, 4.69) is 49.0 Å². The second-order valence-corrected chi connectivity index (χ2v) is 36.0. The molecule has 626 valence electrons. The van der Waals surface area contributed by atoms with Gasteiger partial charge in [0.2, 0.25) is 29.5 Å². The van der Waals surface area contributed by atoms with Gasteiger partial charge in [-0.2, -0.15) is 0 Å². The number of nitrogens with one attached hydrogen (secondary N) is 6. The number of hydrogen-bond donors (Lipinski definition) is 7. The molecule has 2 heterocycles. The normalized spacial score (nSPS) is 16.5. The highest BCUT2D eigenvalue weighted by Gasteiger charge is 2.45. The number of alkyl carbamates (subject to hydrolysis) is 1. The Morgan fingerprint density at radius 3 is 1.88 bits per heavy atom. The van der Waals surface area contributed by atoms with Gasteiger partial charge in [0.05, 0.1) is 53.3 Å². The monoisotopic (exact) mass is 1580 g/mol. The zero-order valence-corrected chi connectivity index (χ0v) is 71.8. The number of anilines is 1. The molecule has 1 aliphatic heterocycles. The van der Waals surface area contributed by atoms with E-state index in [-0.39, 0.29) is 129 Å². The molecule has 12 atom stereocenters. The number of rotatable bonds is 48. The predicted molar refractivity (Wildman–Crippen MR) is 438 cm³/mol. The summed E-state index contributed by atoms with van der Waals surface area (Å²) in [6, 6.07) is 13.2. The fourth-order valence-corrected chi connectivity index (χ4v) is 15.3. The minimum atomic E-state index is -1.49. The maximum Gasteiger partial charge on any atom is 0.408 e. The van der Waals surface area contributed by atoms with Crippen LogP contribution in [0.3, 0.4) is 0 Å². The standard InChI is InChI=1S/C86H136N10O15S/c1-22-55(6)74(68(109-20)51-72(102)96-44-29-34-65(96)75(110-21)56(7)66(97)48-61(79-89-43-45-112-79)46-57-30-24-23-25-31-57)95(19)80(106)63(53(2)3)50-70(100)86(17,18)94-82(108)111-52-58-35-37-62(38-36-58)91-77(104)59(33-28-42-90-81(87)107)47-67(98)73(54(4)5)92-78(105)60(49-69(99)83(8,9)10)32-26-27-41-88-71(101)40-39-64(93-85(14,15)16)76(103)84(11,12)13/h23-25,30-31,35-38,43,45,53-56,59-61,63-65,68,73-75,93H,22,26-29,32-34,39-42,44,46-52H2,1-21H3,(H,88,101)(H,91,104)(H,92,105)(H,94,108)(H3,87,90,107)/t55-,56-,59+,60+,61+,63-,64+,65-,68+,73-,74-,75+/m0/s1. The molecule has 8 N–H and O–H groups in total. The van der Waals surface area contributed by atoms with Crippen molar-refractivity contribution in [1.82, 2.24) is 41.4 Å². The van der Waals surface area contributed by atoms with Gasteiger partial charge in [-0.05, 0) is 127 Å². The Morgan fingerprint density at radius 2 is 1.32 bits per heavy atom. The number of aromatic nitrogens is 1. The van der Waals surface area contributed by atoms with Crippen LogP contribution in [0.1, 0.15) is 243 Å². The molecule has 0 spiro atoms. The molecule has 1 fully saturated rings. The number of thiazole rings is 1. The van der Waals surface area contributed by atoms with Crippen molar-refractivity contribution in [3.05, 3.63) is 82.3 Å². The van der Waals surface area contributed by atoms with Crippen molar-refractivity contribution in [1.29, 1.82) is 0 Å². The van der Waals surface area contributed by atoms with Crippen LogP contribution in [-0.4, -0.2) is 174 Å². The average Bonchev–Trinajstić information content (AvgIpc) is 1.40. The number of ketones is 5. The lowest BCUT2D eigenvalue weighted by Crippen LogP contribution is -2.55.